The lowest BCUT2D eigenvalue weighted by Crippen LogP contribution is -2.54. The van der Waals surface area contributed by atoms with Crippen molar-refractivity contribution >= 4 is 41.2 Å². The van der Waals surface area contributed by atoms with E-state index >= 15 is 0 Å². The molecule has 0 spiro atoms. The van der Waals surface area contributed by atoms with Crippen LogP contribution in [0, 0.1) is 0 Å². The zero-order chi connectivity index (χ0) is 24.6. The van der Waals surface area contributed by atoms with Crippen molar-refractivity contribution in [3.63, 3.8) is 0 Å². The Hall–Kier alpha value is -3.80. The Morgan fingerprint density at radius 3 is 2.41 bits per heavy atom. The summed E-state index contributed by atoms with van der Waals surface area (Å²) < 4.78 is 0. The van der Waals surface area contributed by atoms with Gasteiger partial charge in [-0.2, -0.15) is 0 Å². The van der Waals surface area contributed by atoms with Gasteiger partial charge in [-0.15, -0.1) is 0 Å². The van der Waals surface area contributed by atoms with E-state index in [2.05, 4.69) is 5.32 Å². The minimum absolute atomic E-state index is 0.0130. The van der Waals surface area contributed by atoms with Gasteiger partial charge >= 0.3 is 5.97 Å². The third kappa shape index (κ3) is 4.36. The summed E-state index contributed by atoms with van der Waals surface area (Å²) in [6, 6.07) is 3.92. The number of hydrogen-bond donors (Lipinski definition) is 2. The molecule has 12 nitrogen and oxygen atoms in total. The van der Waals surface area contributed by atoms with Gasteiger partial charge in [-0.05, 0) is 25.6 Å². The molecule has 5 amide bonds. The van der Waals surface area contributed by atoms with E-state index in [1.165, 1.54) is 4.90 Å². The van der Waals surface area contributed by atoms with Crippen molar-refractivity contribution in [1.29, 1.82) is 0 Å². The average molecular weight is 471 g/mol. The first-order valence-electron chi connectivity index (χ1n) is 10.9. The summed E-state index contributed by atoms with van der Waals surface area (Å²) in [5, 5.41) is 11.0. The van der Waals surface area contributed by atoms with E-state index in [0.717, 1.165) is 4.90 Å². The number of carbonyl (C=O) groups excluding carboxylic acids is 5. The summed E-state index contributed by atoms with van der Waals surface area (Å²) in [4.78, 5) is 79.3. The van der Waals surface area contributed by atoms with Gasteiger partial charge in [0.1, 0.15) is 6.04 Å². The number of aliphatic carboxylic acids is 1. The van der Waals surface area contributed by atoms with Gasteiger partial charge < -0.3 is 14.9 Å². The Morgan fingerprint density at radius 1 is 1.06 bits per heavy atom. The molecule has 4 rings (SSSR count). The zero-order valence-electron chi connectivity index (χ0n) is 18.7. The van der Waals surface area contributed by atoms with Crippen LogP contribution in [0.4, 0.5) is 5.69 Å². The smallest absolute Gasteiger partial charge is 0.317 e. The molecular formula is C22H25N5O7. The maximum atomic E-state index is 13.3. The van der Waals surface area contributed by atoms with Gasteiger partial charge in [-0.1, -0.05) is 6.07 Å². The maximum Gasteiger partial charge on any atom is 0.317 e. The second kappa shape index (κ2) is 9.21. The number of nitrogens with one attached hydrogen (secondary N) is 1. The molecule has 2 fully saturated rings. The van der Waals surface area contributed by atoms with Crippen molar-refractivity contribution in [3.05, 3.63) is 29.3 Å². The lowest BCUT2D eigenvalue weighted by molar-refractivity contribution is -0.139. The predicted molar refractivity (Wildman–Crippen MR) is 117 cm³/mol. The molecule has 1 unspecified atom stereocenters. The van der Waals surface area contributed by atoms with E-state index in [1.54, 1.807) is 30.1 Å². The van der Waals surface area contributed by atoms with Crippen LogP contribution in [0.15, 0.2) is 18.2 Å². The third-order valence-corrected chi connectivity index (χ3v) is 6.23. The summed E-state index contributed by atoms with van der Waals surface area (Å²) in [6.45, 7) is 1.35. The second-order valence-corrected chi connectivity index (χ2v) is 8.58. The van der Waals surface area contributed by atoms with Gasteiger partial charge in [-0.3, -0.25) is 43.9 Å². The van der Waals surface area contributed by atoms with Crippen LogP contribution in [0.3, 0.4) is 0 Å². The quantitative estimate of drug-likeness (QED) is 0.486. The monoisotopic (exact) mass is 471 g/mol. The number of hydrogen-bond acceptors (Lipinski definition) is 8. The van der Waals surface area contributed by atoms with E-state index in [9.17, 15) is 28.8 Å². The number of piperazine rings is 1. The molecule has 2 N–H and O–H groups in total. The molecule has 0 aliphatic carbocycles. The lowest BCUT2D eigenvalue weighted by Gasteiger charge is -2.37. The molecule has 1 aromatic rings. The predicted octanol–water partition coefficient (Wildman–Crippen LogP) is -1.25. The second-order valence-electron chi connectivity index (χ2n) is 8.58. The molecular weight excluding hydrogens is 446 g/mol. The van der Waals surface area contributed by atoms with Gasteiger partial charge in [-0.25, -0.2) is 0 Å². The Balaban J connectivity index is 1.47. The molecule has 34 heavy (non-hydrogen) atoms. The van der Waals surface area contributed by atoms with Crippen LogP contribution in [0.1, 0.15) is 33.6 Å². The van der Waals surface area contributed by atoms with E-state index in [4.69, 9.17) is 5.11 Å². The molecule has 3 aliphatic rings. The van der Waals surface area contributed by atoms with Gasteiger partial charge in [0.25, 0.3) is 11.8 Å². The highest BCUT2D eigenvalue weighted by molar-refractivity contribution is 6.25. The maximum absolute atomic E-state index is 13.3. The summed E-state index contributed by atoms with van der Waals surface area (Å²) >= 11 is 0. The number of nitrogens with zero attached hydrogens (tertiary/aromatic N) is 4. The van der Waals surface area contributed by atoms with Crippen LogP contribution in [0.5, 0.6) is 0 Å². The Bertz CT molecular complexity index is 1080. The minimum atomic E-state index is -1.03. The van der Waals surface area contributed by atoms with Gasteiger partial charge in [0.05, 0.1) is 29.9 Å². The highest BCUT2D eigenvalue weighted by Crippen LogP contribution is 2.34. The fraction of sp³-hybridized carbons (Fsp3) is 0.455. The topological polar surface area (TPSA) is 148 Å². The summed E-state index contributed by atoms with van der Waals surface area (Å²) in [5.74, 6) is -3.42. The molecule has 180 valence electrons. The van der Waals surface area contributed by atoms with Crippen molar-refractivity contribution in [2.75, 3.05) is 51.2 Å². The molecule has 0 aromatic heterocycles. The molecule has 0 radical (unpaired) electrons. The van der Waals surface area contributed by atoms with Gasteiger partial charge in [0.15, 0.2) is 0 Å². The lowest BCUT2D eigenvalue weighted by atomic mass is 10.0. The number of carboxylic acids is 1. The van der Waals surface area contributed by atoms with Crippen LogP contribution in [0.25, 0.3) is 0 Å². The molecule has 0 saturated carbocycles. The highest BCUT2D eigenvalue weighted by Gasteiger charge is 2.46. The number of anilines is 1. The van der Waals surface area contributed by atoms with Crippen molar-refractivity contribution in [3.8, 4) is 0 Å². The average Bonchev–Trinajstić information content (AvgIpc) is 3.04. The molecule has 0 bridgehead atoms. The normalized spacial score (nSPS) is 20.6. The third-order valence-electron chi connectivity index (χ3n) is 6.23. The number of imide groups is 2. The first-order valence-corrected chi connectivity index (χ1v) is 10.9. The Kier molecular flexibility index (Phi) is 6.33. The summed E-state index contributed by atoms with van der Waals surface area (Å²) in [5.41, 5.74) is 0.986. The molecule has 2 saturated heterocycles. The number of carboxylic acid groups (broad SMARTS) is 1. The Morgan fingerprint density at radius 2 is 1.76 bits per heavy atom. The van der Waals surface area contributed by atoms with Crippen LogP contribution in [-0.2, 0) is 19.2 Å². The standard InChI is InChI=1S/C22H25N5O7/c1-24(12-18(30)31)11-17(29)26-9-7-25(8-10-26)14-4-2-3-13-19(14)22(34)27(21(13)33)15-5-6-16(28)23-20(15)32/h2-4,15H,5-12H2,1H3,(H,30,31)(H,23,28,32). The van der Waals surface area contributed by atoms with E-state index < -0.39 is 35.6 Å². The van der Waals surface area contributed by atoms with Gasteiger partial charge in [0, 0.05) is 32.6 Å². The first-order chi connectivity index (χ1) is 16.2. The summed E-state index contributed by atoms with van der Waals surface area (Å²) in [7, 11) is 1.56. The van der Waals surface area contributed by atoms with E-state index in [-0.39, 0.29) is 43.0 Å². The van der Waals surface area contributed by atoms with Crippen molar-refractivity contribution in [2.24, 2.45) is 0 Å². The minimum Gasteiger partial charge on any atom is -0.480 e. The SMILES string of the molecule is CN(CC(=O)O)CC(=O)N1CCN(c2cccc3c2C(=O)N(C2CCC(=O)NC2=O)C3=O)CC1. The molecule has 1 atom stereocenters. The van der Waals surface area contributed by atoms with E-state index in [0.29, 0.717) is 31.9 Å². The first kappa shape index (κ1) is 23.4. The van der Waals surface area contributed by atoms with Crippen LogP contribution < -0.4 is 10.2 Å². The number of piperidine rings is 1. The highest BCUT2D eigenvalue weighted by atomic mass is 16.4. The summed E-state index contributed by atoms with van der Waals surface area (Å²) in [6.07, 6.45) is 0.136. The van der Waals surface area contributed by atoms with Crippen molar-refractivity contribution < 1.29 is 33.9 Å². The number of benzene rings is 1. The molecule has 3 aliphatic heterocycles. The van der Waals surface area contributed by atoms with Crippen LogP contribution in [0.2, 0.25) is 0 Å². The number of fused-ring (bicyclic) bond motifs is 1. The van der Waals surface area contributed by atoms with Crippen LogP contribution >= 0.6 is 0 Å². The molecule has 3 heterocycles. The number of carbonyl (C=O) groups is 6. The zero-order valence-corrected chi connectivity index (χ0v) is 18.7. The van der Waals surface area contributed by atoms with Gasteiger partial charge in [0.2, 0.25) is 17.7 Å². The van der Waals surface area contributed by atoms with Crippen molar-refractivity contribution in [1.82, 2.24) is 20.0 Å². The Labute approximate surface area is 195 Å². The van der Waals surface area contributed by atoms with Crippen LogP contribution in [-0.4, -0.2) is 108 Å². The van der Waals surface area contributed by atoms with E-state index in [1.807, 2.05) is 4.90 Å². The van der Waals surface area contributed by atoms with Crippen molar-refractivity contribution in [2.45, 2.75) is 18.9 Å². The number of amides is 5. The largest absolute Gasteiger partial charge is 0.480 e. The fourth-order valence-corrected chi connectivity index (χ4v) is 4.58. The molecule has 12 heteroatoms. The molecule has 1 aromatic carbocycles. The number of rotatable bonds is 6. The number of likely N-dealkylation sites (N-methyl/N-ethyl adjacent to an activating group) is 1. The fourth-order valence-electron chi connectivity index (χ4n) is 4.58.